The third kappa shape index (κ3) is 5.11. The first-order valence-corrected chi connectivity index (χ1v) is 9.43. The third-order valence-electron chi connectivity index (χ3n) is 4.70. The van der Waals surface area contributed by atoms with E-state index in [1.165, 1.54) is 6.92 Å². The van der Waals surface area contributed by atoms with E-state index in [1.807, 2.05) is 0 Å². The minimum Gasteiger partial charge on any atom is -0.461 e. The second-order valence-corrected chi connectivity index (χ2v) is 6.84. The van der Waals surface area contributed by atoms with E-state index in [0.29, 0.717) is 11.3 Å². The Morgan fingerprint density at radius 1 is 1.14 bits per heavy atom. The number of urea groups is 1. The molecular formula is C19H27N3O6. The molecule has 1 aliphatic carbocycles. The van der Waals surface area contributed by atoms with Crippen LogP contribution in [0.25, 0.3) is 0 Å². The largest absolute Gasteiger partial charge is 0.461 e. The van der Waals surface area contributed by atoms with Crippen molar-refractivity contribution < 1.29 is 28.7 Å². The van der Waals surface area contributed by atoms with E-state index in [1.54, 1.807) is 20.8 Å². The Morgan fingerprint density at radius 2 is 1.79 bits per heavy atom. The Morgan fingerprint density at radius 3 is 2.39 bits per heavy atom. The van der Waals surface area contributed by atoms with Crippen LogP contribution in [-0.2, 0) is 14.3 Å². The number of carbonyl (C=O) groups is 4. The molecule has 2 rings (SSSR count). The number of imide groups is 1. The van der Waals surface area contributed by atoms with Crippen molar-refractivity contribution in [3.8, 4) is 0 Å². The summed E-state index contributed by atoms with van der Waals surface area (Å²) in [5.74, 6) is -2.06. The molecule has 9 nitrogen and oxygen atoms in total. The average molecular weight is 393 g/mol. The predicted octanol–water partition coefficient (Wildman–Crippen LogP) is 2.12. The number of aromatic nitrogens is 1. The van der Waals surface area contributed by atoms with Crippen LogP contribution in [0.3, 0.4) is 0 Å². The molecule has 0 aliphatic heterocycles. The molecule has 0 radical (unpaired) electrons. The Balaban J connectivity index is 1.96. The minimum absolute atomic E-state index is 0.0668. The quantitative estimate of drug-likeness (QED) is 0.636. The number of H-pyrrole nitrogens is 1. The molecule has 1 saturated carbocycles. The predicted molar refractivity (Wildman–Crippen MR) is 100 cm³/mol. The summed E-state index contributed by atoms with van der Waals surface area (Å²) in [5, 5.41) is 4.91. The van der Waals surface area contributed by atoms with Gasteiger partial charge in [-0.1, -0.05) is 12.8 Å². The molecule has 1 aromatic heterocycles. The van der Waals surface area contributed by atoms with Gasteiger partial charge in [-0.25, -0.2) is 14.4 Å². The van der Waals surface area contributed by atoms with Gasteiger partial charge >= 0.3 is 18.0 Å². The molecule has 28 heavy (non-hydrogen) atoms. The van der Waals surface area contributed by atoms with E-state index in [-0.39, 0.29) is 23.9 Å². The molecule has 0 bridgehead atoms. The Kier molecular flexibility index (Phi) is 7.19. The van der Waals surface area contributed by atoms with Crippen molar-refractivity contribution in [2.75, 3.05) is 6.61 Å². The molecule has 1 fully saturated rings. The highest BCUT2D eigenvalue weighted by Gasteiger charge is 2.27. The zero-order valence-electron chi connectivity index (χ0n) is 16.6. The highest BCUT2D eigenvalue weighted by atomic mass is 16.5. The Labute approximate surface area is 163 Å². The summed E-state index contributed by atoms with van der Waals surface area (Å²) in [6, 6.07) is -0.532. The molecule has 0 saturated heterocycles. The van der Waals surface area contributed by atoms with Crippen molar-refractivity contribution >= 4 is 23.9 Å². The number of rotatable bonds is 6. The van der Waals surface area contributed by atoms with Gasteiger partial charge in [0.1, 0.15) is 5.69 Å². The standard InChI is InChI=1S/C19H27N3O6/c1-5-27-18(25)15-10(2)14(11(3)20-15)17(24)28-12(4)16(23)22-19(26)21-13-8-6-7-9-13/h12-13,20H,5-9H2,1-4H3,(H2,21,22,23,26)/t12-/m0/s1. The fraction of sp³-hybridized carbons (Fsp3) is 0.579. The van der Waals surface area contributed by atoms with Crippen molar-refractivity contribution in [1.29, 1.82) is 0 Å². The van der Waals surface area contributed by atoms with Crippen LogP contribution < -0.4 is 10.6 Å². The average Bonchev–Trinajstić information content (AvgIpc) is 3.22. The number of aryl methyl sites for hydroxylation is 1. The third-order valence-corrected chi connectivity index (χ3v) is 4.70. The Hall–Kier alpha value is -2.84. The van der Waals surface area contributed by atoms with Crippen LogP contribution in [0.2, 0.25) is 0 Å². The number of hydrogen-bond donors (Lipinski definition) is 3. The van der Waals surface area contributed by atoms with E-state index in [9.17, 15) is 19.2 Å². The number of hydrogen-bond acceptors (Lipinski definition) is 6. The van der Waals surface area contributed by atoms with E-state index in [2.05, 4.69) is 15.6 Å². The van der Waals surface area contributed by atoms with Crippen LogP contribution in [-0.4, -0.2) is 47.6 Å². The lowest BCUT2D eigenvalue weighted by Gasteiger charge is -2.15. The highest BCUT2D eigenvalue weighted by molar-refractivity contribution is 6.01. The van der Waals surface area contributed by atoms with Crippen molar-refractivity contribution in [3.63, 3.8) is 0 Å². The van der Waals surface area contributed by atoms with Crippen LogP contribution >= 0.6 is 0 Å². The molecule has 154 valence electrons. The molecule has 1 heterocycles. The summed E-state index contributed by atoms with van der Waals surface area (Å²) >= 11 is 0. The lowest BCUT2D eigenvalue weighted by molar-refractivity contribution is -0.127. The first kappa shape index (κ1) is 21.5. The SMILES string of the molecule is CCOC(=O)c1[nH]c(C)c(C(=O)O[C@@H](C)C(=O)NC(=O)NC2CCCC2)c1C. The van der Waals surface area contributed by atoms with Crippen LogP contribution in [0.4, 0.5) is 4.79 Å². The lowest BCUT2D eigenvalue weighted by atomic mass is 10.1. The van der Waals surface area contributed by atoms with Crippen LogP contribution in [0.1, 0.15) is 71.6 Å². The van der Waals surface area contributed by atoms with Gasteiger partial charge in [0.2, 0.25) is 0 Å². The van der Waals surface area contributed by atoms with Gasteiger partial charge in [0.05, 0.1) is 12.2 Å². The number of carbonyl (C=O) groups excluding carboxylic acids is 4. The summed E-state index contributed by atoms with van der Waals surface area (Å²) in [6.45, 7) is 6.47. The van der Waals surface area contributed by atoms with Gasteiger partial charge < -0.3 is 19.8 Å². The maximum absolute atomic E-state index is 12.5. The molecule has 1 atom stereocenters. The topological polar surface area (TPSA) is 127 Å². The van der Waals surface area contributed by atoms with E-state index < -0.39 is 30.0 Å². The summed E-state index contributed by atoms with van der Waals surface area (Å²) in [4.78, 5) is 51.2. The smallest absolute Gasteiger partial charge is 0.355 e. The number of esters is 2. The second kappa shape index (κ2) is 9.38. The molecule has 3 N–H and O–H groups in total. The monoisotopic (exact) mass is 393 g/mol. The number of ether oxygens (including phenoxy) is 2. The van der Waals surface area contributed by atoms with Crippen molar-refractivity contribution in [2.45, 2.75) is 65.5 Å². The molecule has 1 aromatic rings. The highest BCUT2D eigenvalue weighted by Crippen LogP contribution is 2.20. The number of amides is 3. The normalized spacial score (nSPS) is 15.0. The van der Waals surface area contributed by atoms with Gasteiger partial charge in [-0.05, 0) is 46.1 Å². The van der Waals surface area contributed by atoms with Crippen LogP contribution in [0.5, 0.6) is 0 Å². The number of aromatic amines is 1. The van der Waals surface area contributed by atoms with Crippen molar-refractivity contribution in [3.05, 3.63) is 22.5 Å². The summed E-state index contributed by atoms with van der Waals surface area (Å²) in [5.41, 5.74) is 1.14. The van der Waals surface area contributed by atoms with Crippen molar-refractivity contribution in [1.82, 2.24) is 15.6 Å². The molecule has 3 amide bonds. The lowest BCUT2D eigenvalue weighted by Crippen LogP contribution is -2.47. The van der Waals surface area contributed by atoms with Gasteiger partial charge in [-0.2, -0.15) is 0 Å². The number of nitrogens with one attached hydrogen (secondary N) is 3. The maximum Gasteiger partial charge on any atom is 0.355 e. The molecule has 0 unspecified atom stereocenters. The zero-order valence-corrected chi connectivity index (χ0v) is 16.6. The summed E-state index contributed by atoms with van der Waals surface area (Å²) in [6.07, 6.45) is 2.70. The zero-order chi connectivity index (χ0) is 20.8. The van der Waals surface area contributed by atoms with Crippen LogP contribution in [0.15, 0.2) is 0 Å². The molecular weight excluding hydrogens is 366 g/mol. The minimum atomic E-state index is -1.18. The van der Waals surface area contributed by atoms with E-state index in [0.717, 1.165) is 25.7 Å². The first-order chi connectivity index (χ1) is 13.2. The first-order valence-electron chi connectivity index (χ1n) is 9.43. The van der Waals surface area contributed by atoms with Gasteiger partial charge in [0, 0.05) is 11.7 Å². The van der Waals surface area contributed by atoms with Crippen molar-refractivity contribution in [2.24, 2.45) is 0 Å². The molecule has 1 aliphatic rings. The Bertz CT molecular complexity index is 764. The van der Waals surface area contributed by atoms with E-state index >= 15 is 0 Å². The molecule has 0 aromatic carbocycles. The van der Waals surface area contributed by atoms with E-state index in [4.69, 9.17) is 9.47 Å². The second-order valence-electron chi connectivity index (χ2n) is 6.84. The molecule has 9 heteroatoms. The van der Waals surface area contributed by atoms with Crippen LogP contribution in [0, 0.1) is 13.8 Å². The van der Waals surface area contributed by atoms with Gasteiger partial charge in [-0.15, -0.1) is 0 Å². The summed E-state index contributed by atoms with van der Waals surface area (Å²) < 4.78 is 10.1. The fourth-order valence-corrected chi connectivity index (χ4v) is 3.24. The maximum atomic E-state index is 12.5. The fourth-order valence-electron chi connectivity index (χ4n) is 3.24. The van der Waals surface area contributed by atoms with Gasteiger partial charge in [0.15, 0.2) is 6.10 Å². The summed E-state index contributed by atoms with van der Waals surface area (Å²) in [7, 11) is 0. The van der Waals surface area contributed by atoms with Gasteiger partial charge in [-0.3, -0.25) is 10.1 Å². The molecule has 0 spiro atoms. The van der Waals surface area contributed by atoms with Gasteiger partial charge in [0.25, 0.3) is 5.91 Å².